The van der Waals surface area contributed by atoms with E-state index in [4.69, 9.17) is 0 Å². The minimum absolute atomic E-state index is 0.0748. The lowest BCUT2D eigenvalue weighted by Gasteiger charge is -2.34. The number of carbonyl (C=O) groups excluding carboxylic acids is 2. The number of sulfonamides is 1. The lowest BCUT2D eigenvalue weighted by molar-refractivity contribution is -0.140. The van der Waals surface area contributed by atoms with Crippen LogP contribution in [0, 0.1) is 13.8 Å². The molecule has 4 aromatic carbocycles. The van der Waals surface area contributed by atoms with Gasteiger partial charge in [0, 0.05) is 24.0 Å². The highest BCUT2D eigenvalue weighted by Gasteiger charge is 2.34. The third-order valence-electron chi connectivity index (χ3n) is 7.42. The standard InChI is InChI=1S/C35H38BrN3O4S/c1-4-22-37-35(41)33(23-28-11-6-5-7-12-28)38(24-29-13-9-8-10-27(29)3)34(40)25-39(31-18-16-30(36)17-19-31)44(42,43)32-20-14-26(2)15-21-32/h5-21,33H,4,22-25H2,1-3H3,(H,37,41)/t33-/m0/s1. The van der Waals surface area contributed by atoms with E-state index in [1.54, 1.807) is 48.5 Å². The Bertz CT molecular complexity index is 1660. The molecular weight excluding hydrogens is 638 g/mol. The van der Waals surface area contributed by atoms with Gasteiger partial charge in [0.25, 0.3) is 10.0 Å². The van der Waals surface area contributed by atoms with Crippen molar-refractivity contribution in [3.05, 3.63) is 130 Å². The third kappa shape index (κ3) is 8.36. The van der Waals surface area contributed by atoms with E-state index in [9.17, 15) is 18.0 Å². The molecule has 0 aliphatic heterocycles. The molecule has 0 unspecified atom stereocenters. The van der Waals surface area contributed by atoms with Crippen LogP contribution in [0.3, 0.4) is 0 Å². The Labute approximate surface area is 269 Å². The van der Waals surface area contributed by atoms with Gasteiger partial charge in [0.2, 0.25) is 11.8 Å². The Morgan fingerprint density at radius 3 is 2.11 bits per heavy atom. The summed E-state index contributed by atoms with van der Waals surface area (Å²) >= 11 is 3.42. The Kier molecular flexibility index (Phi) is 11.4. The van der Waals surface area contributed by atoms with Gasteiger partial charge in [-0.2, -0.15) is 0 Å². The van der Waals surface area contributed by atoms with Crippen molar-refractivity contribution in [3.8, 4) is 0 Å². The lowest BCUT2D eigenvalue weighted by atomic mass is 10.0. The monoisotopic (exact) mass is 675 g/mol. The van der Waals surface area contributed by atoms with Gasteiger partial charge in [-0.3, -0.25) is 13.9 Å². The number of carbonyl (C=O) groups is 2. The summed E-state index contributed by atoms with van der Waals surface area (Å²) in [5.74, 6) is -0.770. The quantitative estimate of drug-likeness (QED) is 0.177. The molecule has 7 nitrogen and oxygen atoms in total. The molecule has 0 radical (unpaired) electrons. The number of halogens is 1. The fourth-order valence-corrected chi connectivity index (χ4v) is 6.54. The molecule has 1 atom stereocenters. The van der Waals surface area contributed by atoms with Crippen molar-refractivity contribution in [2.45, 2.75) is 51.1 Å². The molecular formula is C35H38BrN3O4S. The maximum absolute atomic E-state index is 14.5. The van der Waals surface area contributed by atoms with Gasteiger partial charge in [-0.15, -0.1) is 0 Å². The van der Waals surface area contributed by atoms with E-state index in [0.717, 1.165) is 37.5 Å². The van der Waals surface area contributed by atoms with Gasteiger partial charge in [0.05, 0.1) is 10.6 Å². The molecule has 0 saturated heterocycles. The highest BCUT2D eigenvalue weighted by molar-refractivity contribution is 9.10. The molecule has 9 heteroatoms. The molecule has 4 rings (SSSR count). The van der Waals surface area contributed by atoms with Gasteiger partial charge >= 0.3 is 0 Å². The van der Waals surface area contributed by atoms with Crippen LogP contribution in [0.25, 0.3) is 0 Å². The average molecular weight is 677 g/mol. The number of anilines is 1. The van der Waals surface area contributed by atoms with Crippen LogP contribution >= 0.6 is 15.9 Å². The van der Waals surface area contributed by atoms with Crippen LogP contribution in [0.4, 0.5) is 5.69 Å². The maximum Gasteiger partial charge on any atom is 0.264 e. The zero-order valence-corrected chi connectivity index (χ0v) is 27.6. The molecule has 230 valence electrons. The molecule has 0 heterocycles. The van der Waals surface area contributed by atoms with Crippen LogP contribution in [0.5, 0.6) is 0 Å². The van der Waals surface area contributed by atoms with E-state index >= 15 is 0 Å². The average Bonchev–Trinajstić information content (AvgIpc) is 3.02. The van der Waals surface area contributed by atoms with Gasteiger partial charge < -0.3 is 10.2 Å². The van der Waals surface area contributed by atoms with Crippen molar-refractivity contribution in [1.82, 2.24) is 10.2 Å². The van der Waals surface area contributed by atoms with Gasteiger partial charge in [-0.25, -0.2) is 8.42 Å². The predicted octanol–water partition coefficient (Wildman–Crippen LogP) is 6.43. The summed E-state index contributed by atoms with van der Waals surface area (Å²) in [7, 11) is -4.14. The van der Waals surface area contributed by atoms with Gasteiger partial charge in [-0.05, 0) is 73.4 Å². The molecule has 2 amide bonds. The van der Waals surface area contributed by atoms with E-state index in [0.29, 0.717) is 12.2 Å². The number of rotatable bonds is 13. The first-order valence-electron chi connectivity index (χ1n) is 14.6. The summed E-state index contributed by atoms with van der Waals surface area (Å²) in [6, 6.07) is 29.7. The largest absolute Gasteiger partial charge is 0.354 e. The second kappa shape index (κ2) is 15.2. The molecule has 4 aromatic rings. The molecule has 0 spiro atoms. The van der Waals surface area contributed by atoms with Crippen molar-refractivity contribution in [1.29, 1.82) is 0 Å². The zero-order valence-electron chi connectivity index (χ0n) is 25.2. The fourth-order valence-electron chi connectivity index (χ4n) is 4.86. The molecule has 0 saturated carbocycles. The van der Waals surface area contributed by atoms with Crippen molar-refractivity contribution in [2.24, 2.45) is 0 Å². The number of hydrogen-bond donors (Lipinski definition) is 1. The highest BCUT2D eigenvalue weighted by Crippen LogP contribution is 2.27. The minimum Gasteiger partial charge on any atom is -0.354 e. The number of hydrogen-bond acceptors (Lipinski definition) is 4. The van der Waals surface area contributed by atoms with Gasteiger partial charge in [0.15, 0.2) is 0 Å². The van der Waals surface area contributed by atoms with Gasteiger partial charge in [-0.1, -0.05) is 95.1 Å². The summed E-state index contributed by atoms with van der Waals surface area (Å²) in [4.78, 5) is 29.8. The third-order valence-corrected chi connectivity index (χ3v) is 9.74. The first-order valence-corrected chi connectivity index (χ1v) is 16.8. The Morgan fingerprint density at radius 1 is 0.841 bits per heavy atom. The number of nitrogens with one attached hydrogen (secondary N) is 1. The van der Waals surface area contributed by atoms with Crippen molar-refractivity contribution >= 4 is 43.5 Å². The number of benzene rings is 4. The van der Waals surface area contributed by atoms with Crippen LogP contribution < -0.4 is 9.62 Å². The lowest BCUT2D eigenvalue weighted by Crippen LogP contribution is -2.53. The minimum atomic E-state index is -4.14. The van der Waals surface area contributed by atoms with Crippen molar-refractivity contribution in [2.75, 3.05) is 17.4 Å². The van der Waals surface area contributed by atoms with E-state index in [2.05, 4.69) is 21.2 Å². The maximum atomic E-state index is 14.5. The first-order chi connectivity index (χ1) is 21.1. The smallest absolute Gasteiger partial charge is 0.264 e. The van der Waals surface area contributed by atoms with Crippen molar-refractivity contribution < 1.29 is 18.0 Å². The molecule has 44 heavy (non-hydrogen) atoms. The first kappa shape index (κ1) is 33.0. The number of amides is 2. The van der Waals surface area contributed by atoms with E-state index in [-0.39, 0.29) is 23.8 Å². The van der Waals surface area contributed by atoms with E-state index < -0.39 is 28.5 Å². The SMILES string of the molecule is CCCNC(=O)[C@H](Cc1ccccc1)N(Cc1ccccc1C)C(=O)CN(c1ccc(Br)cc1)S(=O)(=O)c1ccc(C)cc1. The molecule has 0 aromatic heterocycles. The fraction of sp³-hybridized carbons (Fsp3) is 0.257. The second-order valence-corrected chi connectivity index (χ2v) is 13.5. The summed E-state index contributed by atoms with van der Waals surface area (Å²) in [6.45, 7) is 5.92. The van der Waals surface area contributed by atoms with E-state index in [1.165, 1.54) is 4.90 Å². The molecule has 0 bridgehead atoms. The van der Waals surface area contributed by atoms with Crippen molar-refractivity contribution in [3.63, 3.8) is 0 Å². The summed E-state index contributed by atoms with van der Waals surface area (Å²) in [6.07, 6.45) is 1.01. The van der Waals surface area contributed by atoms with Crippen LogP contribution in [0.15, 0.2) is 112 Å². The Hall–Kier alpha value is -3.95. The number of nitrogens with zero attached hydrogens (tertiary/aromatic N) is 2. The van der Waals surface area contributed by atoms with Gasteiger partial charge in [0.1, 0.15) is 12.6 Å². The zero-order chi connectivity index (χ0) is 31.7. The predicted molar refractivity (Wildman–Crippen MR) is 179 cm³/mol. The van der Waals surface area contributed by atoms with Crippen LogP contribution in [-0.2, 0) is 32.6 Å². The Balaban J connectivity index is 1.80. The summed E-state index contributed by atoms with van der Waals surface area (Å²) in [5, 5.41) is 2.97. The molecule has 0 aliphatic rings. The molecule has 1 N–H and O–H groups in total. The second-order valence-electron chi connectivity index (χ2n) is 10.7. The summed E-state index contributed by atoms with van der Waals surface area (Å²) < 4.78 is 30.1. The number of aryl methyl sites for hydroxylation is 2. The molecule has 0 fully saturated rings. The molecule has 0 aliphatic carbocycles. The topological polar surface area (TPSA) is 86.8 Å². The Morgan fingerprint density at radius 2 is 1.48 bits per heavy atom. The highest BCUT2D eigenvalue weighted by atomic mass is 79.9. The van der Waals surface area contributed by atoms with Crippen LogP contribution in [0.2, 0.25) is 0 Å². The normalized spacial score (nSPS) is 11.9. The van der Waals surface area contributed by atoms with Crippen LogP contribution in [-0.4, -0.2) is 44.3 Å². The van der Waals surface area contributed by atoms with E-state index in [1.807, 2.05) is 75.4 Å². The van der Waals surface area contributed by atoms with Crippen LogP contribution in [0.1, 0.15) is 35.6 Å². The summed E-state index contributed by atoms with van der Waals surface area (Å²) in [5.41, 5.74) is 3.99.